The summed E-state index contributed by atoms with van der Waals surface area (Å²) in [6.07, 6.45) is 4.41. The highest BCUT2D eigenvalue weighted by molar-refractivity contribution is 7.89. The first-order valence-corrected chi connectivity index (χ1v) is 15.4. The molecule has 0 unspecified atom stereocenters. The first-order chi connectivity index (χ1) is 19.5. The topological polar surface area (TPSA) is 93.1 Å². The zero-order chi connectivity index (χ0) is 28.0. The van der Waals surface area contributed by atoms with E-state index in [-0.39, 0.29) is 0 Å². The maximum atomic E-state index is 13.3. The van der Waals surface area contributed by atoms with Gasteiger partial charge in [-0.25, -0.2) is 13.4 Å². The third-order valence-corrected chi connectivity index (χ3v) is 9.67. The van der Waals surface area contributed by atoms with Gasteiger partial charge >= 0.3 is 0 Å². The molecule has 10 heteroatoms. The molecule has 1 N–H and O–H groups in total. The first kappa shape index (κ1) is 27.8. The van der Waals surface area contributed by atoms with Crippen LogP contribution in [0.4, 0.5) is 5.13 Å². The van der Waals surface area contributed by atoms with E-state index in [0.29, 0.717) is 40.5 Å². The molecule has 1 saturated heterocycles. The molecule has 1 aliphatic heterocycles. The number of aromatic nitrogens is 1. The fourth-order valence-electron chi connectivity index (χ4n) is 4.80. The minimum atomic E-state index is -3.53. The Hall–Kier alpha value is -3.73. The van der Waals surface area contributed by atoms with Crippen molar-refractivity contribution >= 4 is 32.7 Å². The largest absolute Gasteiger partial charge is 0.493 e. The van der Waals surface area contributed by atoms with Crippen LogP contribution in [0.25, 0.3) is 11.3 Å². The molecule has 4 aromatic rings. The van der Waals surface area contributed by atoms with E-state index < -0.39 is 10.0 Å². The summed E-state index contributed by atoms with van der Waals surface area (Å²) in [5.74, 6) is 1.78. The summed E-state index contributed by atoms with van der Waals surface area (Å²) in [5, 5.41) is 6.81. The quantitative estimate of drug-likeness (QED) is 0.186. The van der Waals surface area contributed by atoms with Crippen LogP contribution >= 0.6 is 11.3 Å². The van der Waals surface area contributed by atoms with Crippen LogP contribution in [0.15, 0.2) is 88.2 Å². The number of methoxy groups -OCH3 is 2. The molecule has 1 fully saturated rings. The maximum Gasteiger partial charge on any atom is 0.243 e. The smallest absolute Gasteiger partial charge is 0.243 e. The van der Waals surface area contributed by atoms with Gasteiger partial charge in [0.25, 0.3) is 0 Å². The van der Waals surface area contributed by atoms with Crippen molar-refractivity contribution in [2.24, 2.45) is 11.0 Å². The van der Waals surface area contributed by atoms with Crippen LogP contribution in [0.2, 0.25) is 0 Å². The van der Waals surface area contributed by atoms with Crippen molar-refractivity contribution in [2.45, 2.75) is 24.2 Å². The fourth-order valence-corrected chi connectivity index (χ4v) is 6.94. The van der Waals surface area contributed by atoms with Crippen LogP contribution < -0.4 is 14.9 Å². The van der Waals surface area contributed by atoms with Gasteiger partial charge in [-0.3, -0.25) is 5.43 Å². The Morgan fingerprint density at radius 3 is 2.42 bits per heavy atom. The second kappa shape index (κ2) is 12.6. The Morgan fingerprint density at radius 2 is 1.73 bits per heavy atom. The van der Waals surface area contributed by atoms with Crippen LogP contribution in [-0.4, -0.2) is 51.2 Å². The monoisotopic (exact) mass is 576 g/mol. The van der Waals surface area contributed by atoms with Gasteiger partial charge < -0.3 is 9.47 Å². The van der Waals surface area contributed by atoms with E-state index in [0.717, 1.165) is 36.1 Å². The number of ether oxygens (including phenoxy) is 2. The average Bonchev–Trinajstić information content (AvgIpc) is 3.47. The number of hydrazone groups is 1. The second-order valence-electron chi connectivity index (χ2n) is 9.58. The van der Waals surface area contributed by atoms with Gasteiger partial charge in [-0.15, -0.1) is 11.3 Å². The molecule has 1 aromatic heterocycles. The van der Waals surface area contributed by atoms with E-state index in [2.05, 4.69) is 39.8 Å². The van der Waals surface area contributed by atoms with Gasteiger partial charge in [-0.05, 0) is 66.6 Å². The number of hydrogen-bond acceptors (Lipinski definition) is 8. The number of sulfonamides is 1. The normalized spacial score (nSPS) is 14.8. The molecule has 1 aliphatic rings. The van der Waals surface area contributed by atoms with Crippen LogP contribution in [0.5, 0.6) is 11.5 Å². The van der Waals surface area contributed by atoms with Crippen molar-refractivity contribution in [3.63, 3.8) is 0 Å². The Bertz CT molecular complexity index is 1550. The summed E-state index contributed by atoms with van der Waals surface area (Å²) in [7, 11) is -0.350. The zero-order valence-corrected chi connectivity index (χ0v) is 24.1. The summed E-state index contributed by atoms with van der Waals surface area (Å²) in [6, 6.07) is 22.9. The SMILES string of the molecule is COc1ccc(C=NNc2nc(-c3ccc(S(=O)(=O)N4CCC(Cc5ccccc5)CC4)cc3)cs2)cc1OC. The number of hydrogen-bond donors (Lipinski definition) is 1. The molecule has 0 bridgehead atoms. The molecule has 0 atom stereocenters. The molecular weight excluding hydrogens is 544 g/mol. The van der Waals surface area contributed by atoms with Crippen molar-refractivity contribution in [1.29, 1.82) is 0 Å². The highest BCUT2D eigenvalue weighted by Gasteiger charge is 2.29. The number of nitrogens with one attached hydrogen (secondary N) is 1. The van der Waals surface area contributed by atoms with E-state index in [9.17, 15) is 8.42 Å². The lowest BCUT2D eigenvalue weighted by Gasteiger charge is -2.31. The maximum absolute atomic E-state index is 13.3. The van der Waals surface area contributed by atoms with Gasteiger partial charge in [0.05, 0.1) is 31.0 Å². The van der Waals surface area contributed by atoms with Gasteiger partial charge in [-0.2, -0.15) is 9.41 Å². The minimum absolute atomic E-state index is 0.311. The van der Waals surface area contributed by atoms with Crippen molar-refractivity contribution in [3.05, 3.63) is 89.3 Å². The third kappa shape index (κ3) is 6.52. The highest BCUT2D eigenvalue weighted by atomic mass is 32.2. The fraction of sp³-hybridized carbons (Fsp3) is 0.267. The molecule has 8 nitrogen and oxygen atoms in total. The molecule has 0 saturated carbocycles. The number of piperidine rings is 1. The number of thiazole rings is 1. The highest BCUT2D eigenvalue weighted by Crippen LogP contribution is 2.30. The van der Waals surface area contributed by atoms with Gasteiger partial charge in [0.2, 0.25) is 15.2 Å². The molecule has 0 aliphatic carbocycles. The van der Waals surface area contributed by atoms with Crippen LogP contribution in [0, 0.1) is 5.92 Å². The van der Waals surface area contributed by atoms with Crippen molar-refractivity contribution in [1.82, 2.24) is 9.29 Å². The summed E-state index contributed by atoms with van der Waals surface area (Å²) < 4.78 is 38.8. The lowest BCUT2D eigenvalue weighted by Crippen LogP contribution is -2.38. The number of anilines is 1. The summed E-state index contributed by atoms with van der Waals surface area (Å²) in [5.41, 5.74) is 6.70. The van der Waals surface area contributed by atoms with Crippen LogP contribution in [-0.2, 0) is 16.4 Å². The Morgan fingerprint density at radius 1 is 1.00 bits per heavy atom. The Balaban J connectivity index is 1.17. The lowest BCUT2D eigenvalue weighted by molar-refractivity contribution is 0.273. The predicted molar refractivity (Wildman–Crippen MR) is 160 cm³/mol. The standard InChI is InChI=1S/C30H32N4O4S2/c1-37-28-13-8-24(19-29(28)38-2)20-31-33-30-32-27(21-39-30)25-9-11-26(12-10-25)40(35,36)34-16-14-23(15-17-34)18-22-6-4-3-5-7-22/h3-13,19-21,23H,14-18H2,1-2H3,(H,32,33). The average molecular weight is 577 g/mol. The first-order valence-electron chi connectivity index (χ1n) is 13.1. The van der Waals surface area contributed by atoms with Crippen molar-refractivity contribution < 1.29 is 17.9 Å². The molecule has 3 aromatic carbocycles. The zero-order valence-electron chi connectivity index (χ0n) is 22.5. The second-order valence-corrected chi connectivity index (χ2v) is 12.4. The van der Waals surface area contributed by atoms with Crippen LogP contribution in [0.3, 0.4) is 0 Å². The Labute approximate surface area is 239 Å². The van der Waals surface area contributed by atoms with Gasteiger partial charge in [0.1, 0.15) is 0 Å². The molecule has 0 spiro atoms. The van der Waals surface area contributed by atoms with E-state index in [1.165, 1.54) is 16.9 Å². The van der Waals surface area contributed by atoms with Crippen molar-refractivity contribution in [2.75, 3.05) is 32.7 Å². The molecular formula is C30H32N4O4S2. The summed E-state index contributed by atoms with van der Waals surface area (Å²) >= 11 is 1.42. The Kier molecular flexibility index (Phi) is 8.78. The molecule has 0 radical (unpaired) electrons. The third-order valence-electron chi connectivity index (χ3n) is 7.01. The summed E-state index contributed by atoms with van der Waals surface area (Å²) in [4.78, 5) is 4.90. The van der Waals surface area contributed by atoms with E-state index in [4.69, 9.17) is 9.47 Å². The van der Waals surface area contributed by atoms with Gasteiger partial charge in [0.15, 0.2) is 11.5 Å². The summed E-state index contributed by atoms with van der Waals surface area (Å²) in [6.45, 7) is 1.10. The molecule has 5 rings (SSSR count). The van der Waals surface area contributed by atoms with E-state index in [1.807, 2.05) is 29.6 Å². The van der Waals surface area contributed by atoms with E-state index in [1.54, 1.807) is 49.0 Å². The molecule has 0 amide bonds. The number of rotatable bonds is 10. The molecule has 40 heavy (non-hydrogen) atoms. The van der Waals surface area contributed by atoms with Crippen molar-refractivity contribution in [3.8, 4) is 22.8 Å². The number of benzene rings is 3. The molecule has 208 valence electrons. The lowest BCUT2D eigenvalue weighted by atomic mass is 9.91. The van der Waals surface area contributed by atoms with E-state index >= 15 is 0 Å². The molecule has 2 heterocycles. The predicted octanol–water partition coefficient (Wildman–Crippen LogP) is 5.92. The van der Waals surface area contributed by atoms with Gasteiger partial charge in [0, 0.05) is 24.0 Å². The minimum Gasteiger partial charge on any atom is -0.493 e. The number of nitrogens with zero attached hydrogens (tertiary/aromatic N) is 3. The van der Waals surface area contributed by atoms with Gasteiger partial charge in [-0.1, -0.05) is 42.5 Å². The van der Waals surface area contributed by atoms with Crippen LogP contribution in [0.1, 0.15) is 24.0 Å².